The third kappa shape index (κ3) is 3.24. The molecule has 0 bridgehead atoms. The molecule has 0 radical (unpaired) electrons. The molecule has 2 rings (SSSR count). The van der Waals surface area contributed by atoms with Crippen LogP contribution in [0.15, 0.2) is 30.3 Å². The van der Waals surface area contributed by atoms with Crippen LogP contribution in [-0.4, -0.2) is 12.1 Å². The Morgan fingerprint density at radius 3 is 2.33 bits per heavy atom. The molecule has 1 aromatic carbocycles. The van der Waals surface area contributed by atoms with Crippen LogP contribution in [0, 0.1) is 0 Å². The van der Waals surface area contributed by atoms with E-state index in [0.29, 0.717) is 0 Å². The molecule has 1 N–H and O–H groups in total. The predicted octanol–water partition coefficient (Wildman–Crippen LogP) is 3.13. The number of rotatable bonds is 4. The molecule has 1 aromatic rings. The second-order valence-corrected chi connectivity index (χ2v) is 4.61. The quantitative estimate of drug-likeness (QED) is 0.882. The molecule has 98 valence electrons. The van der Waals surface area contributed by atoms with E-state index in [0.717, 1.165) is 18.4 Å². The number of amides is 1. The Labute approximate surface area is 103 Å². The van der Waals surface area contributed by atoms with Crippen molar-refractivity contribution in [3.63, 3.8) is 0 Å². The van der Waals surface area contributed by atoms with E-state index in [1.165, 1.54) is 0 Å². The van der Waals surface area contributed by atoms with Crippen LogP contribution in [0.25, 0.3) is 0 Å². The summed E-state index contributed by atoms with van der Waals surface area (Å²) in [6, 6.07) is 9.35. The number of carbonyl (C=O) groups excluding carboxylic acids is 1. The van der Waals surface area contributed by atoms with Crippen LogP contribution in [0.1, 0.15) is 31.2 Å². The Morgan fingerprint density at radius 1 is 1.22 bits per heavy atom. The first-order valence-electron chi connectivity index (χ1n) is 5.85. The molecule has 5 heteroatoms. The van der Waals surface area contributed by atoms with Crippen molar-refractivity contribution < 1.29 is 18.0 Å². The molecule has 0 aliphatic heterocycles. The van der Waals surface area contributed by atoms with Gasteiger partial charge in [0.2, 0.25) is 5.91 Å². The minimum absolute atomic E-state index is 0.427. The van der Waals surface area contributed by atoms with Gasteiger partial charge in [-0.2, -0.15) is 13.2 Å². The molecule has 1 aliphatic carbocycles. The Morgan fingerprint density at radius 2 is 1.83 bits per heavy atom. The smallest absolute Gasteiger partial charge is 0.347 e. The normalized spacial score (nSPS) is 17.3. The maximum Gasteiger partial charge on any atom is 0.389 e. The van der Waals surface area contributed by atoms with Gasteiger partial charge in [0.25, 0.3) is 0 Å². The lowest BCUT2D eigenvalue weighted by Gasteiger charge is -2.18. The molecule has 1 aliphatic rings. The molecule has 1 amide bonds. The lowest BCUT2D eigenvalue weighted by atomic mass is 10.0. The van der Waals surface area contributed by atoms with Gasteiger partial charge < -0.3 is 5.32 Å². The summed E-state index contributed by atoms with van der Waals surface area (Å²) in [6.07, 6.45) is -4.27. The fraction of sp³-hybridized carbons (Fsp3) is 0.462. The van der Waals surface area contributed by atoms with Crippen molar-refractivity contribution in [1.82, 2.24) is 5.32 Å². The van der Waals surface area contributed by atoms with Crippen molar-refractivity contribution in [2.75, 3.05) is 0 Å². The lowest BCUT2D eigenvalue weighted by Crippen LogP contribution is -2.35. The summed E-state index contributed by atoms with van der Waals surface area (Å²) in [5.41, 5.74) is 0.537. The Balaban J connectivity index is 1.92. The summed E-state index contributed by atoms with van der Waals surface area (Å²) < 4.78 is 36.0. The molecule has 1 saturated carbocycles. The molecular weight excluding hydrogens is 243 g/mol. The maximum absolute atomic E-state index is 12.0. The number of hydrogen-bond acceptors (Lipinski definition) is 1. The van der Waals surface area contributed by atoms with Gasteiger partial charge in [-0.05, 0) is 18.4 Å². The van der Waals surface area contributed by atoms with Crippen LogP contribution in [0.3, 0.4) is 0 Å². The Bertz CT molecular complexity index is 424. The highest BCUT2D eigenvalue weighted by atomic mass is 19.4. The fourth-order valence-corrected chi connectivity index (χ4v) is 1.95. The number of halogens is 3. The van der Waals surface area contributed by atoms with Crippen molar-refractivity contribution in [3.05, 3.63) is 35.9 Å². The number of hydrogen-bond donors (Lipinski definition) is 1. The first-order chi connectivity index (χ1) is 8.41. The third-order valence-electron chi connectivity index (χ3n) is 3.09. The van der Waals surface area contributed by atoms with E-state index in [-0.39, 0.29) is 0 Å². The zero-order valence-electron chi connectivity index (χ0n) is 9.76. The lowest BCUT2D eigenvalue weighted by molar-refractivity contribution is -0.144. The summed E-state index contributed by atoms with van der Waals surface area (Å²) in [6.45, 7) is 0. The molecule has 0 atom stereocenters. The summed E-state index contributed by atoms with van der Waals surface area (Å²) in [5.74, 6) is -0.534. The van der Waals surface area contributed by atoms with Gasteiger partial charge in [-0.25, -0.2) is 0 Å². The molecule has 0 aromatic heterocycles. The summed E-state index contributed by atoms with van der Waals surface area (Å²) >= 11 is 0. The highest BCUT2D eigenvalue weighted by Gasteiger charge is 2.45. The average Bonchev–Trinajstić information content (AvgIpc) is 3.08. The van der Waals surface area contributed by atoms with Crippen LogP contribution in [-0.2, 0) is 10.3 Å². The molecular formula is C13H14F3NO. The molecule has 0 saturated heterocycles. The predicted molar refractivity (Wildman–Crippen MR) is 60.8 cm³/mol. The van der Waals surface area contributed by atoms with E-state index in [1.807, 2.05) is 30.3 Å². The highest BCUT2D eigenvalue weighted by molar-refractivity contribution is 5.77. The van der Waals surface area contributed by atoms with Gasteiger partial charge in [0.15, 0.2) is 0 Å². The zero-order valence-corrected chi connectivity index (χ0v) is 9.76. The van der Waals surface area contributed by atoms with Gasteiger partial charge in [-0.3, -0.25) is 4.79 Å². The number of nitrogens with one attached hydrogen (secondary N) is 1. The van der Waals surface area contributed by atoms with Gasteiger partial charge in [0, 0.05) is 6.42 Å². The second-order valence-electron chi connectivity index (χ2n) is 4.61. The van der Waals surface area contributed by atoms with Gasteiger partial charge >= 0.3 is 6.18 Å². The minimum Gasteiger partial charge on any atom is -0.347 e. The number of alkyl halides is 3. The van der Waals surface area contributed by atoms with Crippen molar-refractivity contribution in [1.29, 1.82) is 0 Å². The van der Waals surface area contributed by atoms with E-state index < -0.39 is 30.5 Å². The largest absolute Gasteiger partial charge is 0.389 e. The Hall–Kier alpha value is -1.52. The standard InChI is InChI=1S/C13H14F3NO/c14-13(15,16)7-6-11(18)17-12(8-9-12)10-4-2-1-3-5-10/h1-5H,6-9H2,(H,17,18). The van der Waals surface area contributed by atoms with Crippen LogP contribution < -0.4 is 5.32 Å². The zero-order chi connectivity index (χ0) is 13.2. The molecule has 0 spiro atoms. The molecule has 1 fully saturated rings. The minimum atomic E-state index is -4.28. The SMILES string of the molecule is O=C(CCC(F)(F)F)NC1(c2ccccc2)CC1. The monoisotopic (exact) mass is 257 g/mol. The maximum atomic E-state index is 12.0. The van der Waals surface area contributed by atoms with Gasteiger partial charge in [-0.15, -0.1) is 0 Å². The van der Waals surface area contributed by atoms with Crippen LogP contribution >= 0.6 is 0 Å². The van der Waals surface area contributed by atoms with E-state index in [2.05, 4.69) is 5.32 Å². The van der Waals surface area contributed by atoms with E-state index in [1.54, 1.807) is 0 Å². The Kier molecular flexibility index (Phi) is 3.32. The second kappa shape index (κ2) is 4.63. The van der Waals surface area contributed by atoms with Crippen molar-refractivity contribution in [2.45, 2.75) is 37.4 Å². The third-order valence-corrected chi connectivity index (χ3v) is 3.09. The summed E-state index contributed by atoms with van der Waals surface area (Å²) in [5, 5.41) is 2.72. The van der Waals surface area contributed by atoms with Gasteiger partial charge in [-0.1, -0.05) is 30.3 Å². The van der Waals surface area contributed by atoms with Crippen LogP contribution in [0.2, 0.25) is 0 Å². The molecule has 0 heterocycles. The van der Waals surface area contributed by atoms with E-state index >= 15 is 0 Å². The average molecular weight is 257 g/mol. The van der Waals surface area contributed by atoms with Crippen molar-refractivity contribution in [2.24, 2.45) is 0 Å². The first kappa shape index (κ1) is 12.9. The van der Waals surface area contributed by atoms with Crippen molar-refractivity contribution >= 4 is 5.91 Å². The summed E-state index contributed by atoms with van der Waals surface area (Å²) in [7, 11) is 0. The highest BCUT2D eigenvalue weighted by Crippen LogP contribution is 2.45. The van der Waals surface area contributed by atoms with Crippen LogP contribution in [0.5, 0.6) is 0 Å². The van der Waals surface area contributed by atoms with E-state index in [4.69, 9.17) is 0 Å². The number of benzene rings is 1. The van der Waals surface area contributed by atoms with E-state index in [9.17, 15) is 18.0 Å². The number of carbonyl (C=O) groups is 1. The van der Waals surface area contributed by atoms with Crippen LogP contribution in [0.4, 0.5) is 13.2 Å². The van der Waals surface area contributed by atoms with Gasteiger partial charge in [0.05, 0.1) is 12.0 Å². The molecule has 2 nitrogen and oxygen atoms in total. The summed E-state index contributed by atoms with van der Waals surface area (Å²) in [4.78, 5) is 11.5. The van der Waals surface area contributed by atoms with Crippen molar-refractivity contribution in [3.8, 4) is 0 Å². The first-order valence-corrected chi connectivity index (χ1v) is 5.85. The molecule has 0 unspecified atom stereocenters. The fourth-order valence-electron chi connectivity index (χ4n) is 1.95. The van der Waals surface area contributed by atoms with Gasteiger partial charge in [0.1, 0.15) is 0 Å². The molecule has 18 heavy (non-hydrogen) atoms. The topological polar surface area (TPSA) is 29.1 Å².